The molecular formula is C24H23N3O2. The van der Waals surface area contributed by atoms with Gasteiger partial charge in [0.2, 0.25) is 5.91 Å². The molecule has 1 unspecified atom stereocenters. The lowest BCUT2D eigenvalue weighted by Gasteiger charge is -2.18. The van der Waals surface area contributed by atoms with Gasteiger partial charge in [0.05, 0.1) is 0 Å². The number of imidazole rings is 1. The molecule has 0 spiro atoms. The van der Waals surface area contributed by atoms with Crippen LogP contribution in [0.25, 0.3) is 17.0 Å². The number of nitrogens with one attached hydrogen (secondary N) is 1. The van der Waals surface area contributed by atoms with Crippen molar-refractivity contribution < 1.29 is 9.21 Å². The number of furan rings is 1. The second-order valence-electron chi connectivity index (χ2n) is 6.87. The van der Waals surface area contributed by atoms with E-state index >= 15 is 0 Å². The fourth-order valence-electron chi connectivity index (χ4n) is 3.51. The molecule has 0 radical (unpaired) electrons. The third-order valence-corrected chi connectivity index (χ3v) is 4.97. The van der Waals surface area contributed by atoms with Crippen LogP contribution < -0.4 is 5.32 Å². The molecule has 2 aromatic carbocycles. The Bertz CT molecular complexity index is 1160. The summed E-state index contributed by atoms with van der Waals surface area (Å²) in [5.74, 6) is 1.47. The van der Waals surface area contributed by atoms with Gasteiger partial charge in [-0.05, 0) is 17.7 Å². The second-order valence-corrected chi connectivity index (χ2v) is 6.87. The lowest BCUT2D eigenvalue weighted by atomic mass is 10.1. The minimum atomic E-state index is -0.333. The Hall–Kier alpha value is -3.60. The summed E-state index contributed by atoms with van der Waals surface area (Å²) in [5.41, 5.74) is 2.76. The summed E-state index contributed by atoms with van der Waals surface area (Å²) < 4.78 is 7.83. The van der Waals surface area contributed by atoms with Gasteiger partial charge in [-0.3, -0.25) is 4.79 Å². The number of hydrogen-bond acceptors (Lipinski definition) is 3. The number of benzene rings is 2. The molecule has 0 aliphatic carbocycles. The number of hydrogen-bond donors (Lipinski definition) is 1. The van der Waals surface area contributed by atoms with Crippen LogP contribution >= 0.6 is 0 Å². The van der Waals surface area contributed by atoms with Crippen molar-refractivity contribution in [3.8, 4) is 0 Å². The molecule has 5 heteroatoms. The molecule has 0 aliphatic heterocycles. The van der Waals surface area contributed by atoms with Crippen LogP contribution in [0.5, 0.6) is 0 Å². The first-order chi connectivity index (χ1) is 14.2. The Kier molecular flexibility index (Phi) is 5.29. The van der Waals surface area contributed by atoms with Crippen LogP contribution in [0.15, 0.2) is 77.5 Å². The van der Waals surface area contributed by atoms with E-state index < -0.39 is 0 Å². The Balaban J connectivity index is 1.62. The molecule has 2 heterocycles. The van der Waals surface area contributed by atoms with Crippen LogP contribution in [0.3, 0.4) is 0 Å². The van der Waals surface area contributed by atoms with Crippen LogP contribution in [0, 0.1) is 0 Å². The molecule has 146 valence electrons. The Morgan fingerprint density at radius 3 is 2.66 bits per heavy atom. The average molecular weight is 385 g/mol. The molecule has 29 heavy (non-hydrogen) atoms. The van der Waals surface area contributed by atoms with Gasteiger partial charge < -0.3 is 14.3 Å². The van der Waals surface area contributed by atoms with Crippen LogP contribution in [0.2, 0.25) is 0 Å². The third kappa shape index (κ3) is 3.85. The first-order valence-electron chi connectivity index (χ1n) is 9.68. The molecule has 1 atom stereocenters. The number of amides is 1. The lowest BCUT2D eigenvalue weighted by molar-refractivity contribution is -0.117. The van der Waals surface area contributed by atoms with Gasteiger partial charge in [0, 0.05) is 42.9 Å². The van der Waals surface area contributed by atoms with Crippen molar-refractivity contribution >= 4 is 23.0 Å². The van der Waals surface area contributed by atoms with Crippen molar-refractivity contribution in [2.45, 2.75) is 19.4 Å². The summed E-state index contributed by atoms with van der Waals surface area (Å²) in [7, 11) is 1.92. The molecule has 4 aromatic rings. The molecule has 0 bridgehead atoms. The maximum absolute atomic E-state index is 12.8. The molecule has 1 amide bonds. The van der Waals surface area contributed by atoms with Gasteiger partial charge in [0.15, 0.2) is 0 Å². The highest BCUT2D eigenvalue weighted by Gasteiger charge is 2.19. The van der Waals surface area contributed by atoms with Crippen molar-refractivity contribution in [3.05, 3.63) is 95.8 Å². The quantitative estimate of drug-likeness (QED) is 0.492. The number of aromatic nitrogens is 2. The number of carbonyl (C=O) groups is 1. The summed E-state index contributed by atoms with van der Waals surface area (Å²) in [6.45, 7) is 2.04. The highest BCUT2D eigenvalue weighted by molar-refractivity contribution is 5.96. The van der Waals surface area contributed by atoms with Gasteiger partial charge in [-0.25, -0.2) is 4.98 Å². The summed E-state index contributed by atoms with van der Waals surface area (Å²) >= 11 is 0. The van der Waals surface area contributed by atoms with Gasteiger partial charge in [-0.1, -0.05) is 55.5 Å². The average Bonchev–Trinajstić information content (AvgIpc) is 3.34. The number of para-hydroxylation sites is 1. The smallest absolute Gasteiger partial charge is 0.244 e. The number of rotatable bonds is 6. The van der Waals surface area contributed by atoms with E-state index in [9.17, 15) is 4.79 Å². The first kappa shape index (κ1) is 18.7. The summed E-state index contributed by atoms with van der Waals surface area (Å²) in [6.07, 6.45) is 7.77. The first-order valence-corrected chi connectivity index (χ1v) is 9.68. The third-order valence-electron chi connectivity index (χ3n) is 4.97. The maximum atomic E-state index is 12.8. The zero-order chi connectivity index (χ0) is 20.2. The van der Waals surface area contributed by atoms with Crippen molar-refractivity contribution in [2.75, 3.05) is 0 Å². The van der Waals surface area contributed by atoms with Crippen molar-refractivity contribution in [2.24, 2.45) is 7.05 Å². The number of carbonyl (C=O) groups excluding carboxylic acids is 1. The SMILES string of the molecule is CCc1oc2ccccc2c1/C=C/C(=O)NC(c1ccccc1)c1nccn1C. The Morgan fingerprint density at radius 1 is 1.17 bits per heavy atom. The predicted molar refractivity (Wildman–Crippen MR) is 114 cm³/mol. The summed E-state index contributed by atoms with van der Waals surface area (Å²) in [5, 5.41) is 4.10. The maximum Gasteiger partial charge on any atom is 0.244 e. The molecule has 0 aliphatic rings. The second kappa shape index (κ2) is 8.19. The highest BCUT2D eigenvalue weighted by atomic mass is 16.3. The summed E-state index contributed by atoms with van der Waals surface area (Å²) in [4.78, 5) is 17.2. The van der Waals surface area contributed by atoms with Gasteiger partial charge >= 0.3 is 0 Å². The van der Waals surface area contributed by atoms with E-state index in [0.29, 0.717) is 0 Å². The minimum Gasteiger partial charge on any atom is -0.460 e. The fraction of sp³-hybridized carbons (Fsp3) is 0.167. The van der Waals surface area contributed by atoms with Crippen LogP contribution in [0.1, 0.15) is 35.7 Å². The zero-order valence-corrected chi connectivity index (χ0v) is 16.5. The van der Waals surface area contributed by atoms with Crippen molar-refractivity contribution in [3.63, 3.8) is 0 Å². The largest absolute Gasteiger partial charge is 0.460 e. The zero-order valence-electron chi connectivity index (χ0n) is 16.5. The lowest BCUT2D eigenvalue weighted by Crippen LogP contribution is -2.29. The van der Waals surface area contributed by atoms with E-state index in [2.05, 4.69) is 10.3 Å². The molecule has 0 saturated heterocycles. The molecule has 1 N–H and O–H groups in total. The van der Waals surface area contributed by atoms with Crippen LogP contribution in [0.4, 0.5) is 0 Å². The van der Waals surface area contributed by atoms with E-state index in [1.54, 1.807) is 12.3 Å². The molecule has 0 saturated carbocycles. The number of nitrogens with zero attached hydrogens (tertiary/aromatic N) is 2. The molecular weight excluding hydrogens is 362 g/mol. The van der Waals surface area contributed by atoms with Crippen molar-refractivity contribution in [1.29, 1.82) is 0 Å². The van der Waals surface area contributed by atoms with E-state index in [0.717, 1.165) is 40.1 Å². The van der Waals surface area contributed by atoms with Crippen molar-refractivity contribution in [1.82, 2.24) is 14.9 Å². The van der Waals surface area contributed by atoms with Crippen LogP contribution in [-0.2, 0) is 18.3 Å². The Labute approximate surface area is 169 Å². The van der Waals surface area contributed by atoms with E-state index in [1.165, 1.54) is 0 Å². The monoisotopic (exact) mass is 385 g/mol. The van der Waals surface area contributed by atoms with E-state index in [1.807, 2.05) is 85.4 Å². The fourth-order valence-corrected chi connectivity index (χ4v) is 3.51. The number of fused-ring (bicyclic) bond motifs is 1. The standard InChI is InChI=1S/C24H23N3O2/c1-3-20-19(18-11-7-8-12-21(18)29-20)13-14-22(28)26-23(17-9-5-4-6-10-17)24-25-15-16-27(24)2/h4-16,23H,3H2,1-2H3,(H,26,28)/b14-13+. The number of aryl methyl sites for hydroxylation is 2. The van der Waals surface area contributed by atoms with Gasteiger partial charge in [0.1, 0.15) is 23.2 Å². The van der Waals surface area contributed by atoms with E-state index in [4.69, 9.17) is 4.42 Å². The molecule has 4 rings (SSSR count). The molecule has 0 fully saturated rings. The molecule has 2 aromatic heterocycles. The normalized spacial score (nSPS) is 12.5. The van der Waals surface area contributed by atoms with Gasteiger partial charge in [-0.15, -0.1) is 0 Å². The van der Waals surface area contributed by atoms with Crippen LogP contribution in [-0.4, -0.2) is 15.5 Å². The predicted octanol–water partition coefficient (Wildman–Crippen LogP) is 4.65. The molecule has 5 nitrogen and oxygen atoms in total. The van der Waals surface area contributed by atoms with Gasteiger partial charge in [-0.2, -0.15) is 0 Å². The van der Waals surface area contributed by atoms with Gasteiger partial charge in [0.25, 0.3) is 0 Å². The minimum absolute atomic E-state index is 0.186. The van der Waals surface area contributed by atoms with E-state index in [-0.39, 0.29) is 11.9 Å². The summed E-state index contributed by atoms with van der Waals surface area (Å²) in [6, 6.07) is 17.4. The highest BCUT2D eigenvalue weighted by Crippen LogP contribution is 2.27. The Morgan fingerprint density at radius 2 is 1.93 bits per heavy atom. The topological polar surface area (TPSA) is 60.1 Å².